The fourth-order valence-electron chi connectivity index (χ4n) is 3.52. The second-order valence-corrected chi connectivity index (χ2v) is 9.17. The highest BCUT2D eigenvalue weighted by Crippen LogP contribution is 2.30. The van der Waals surface area contributed by atoms with Gasteiger partial charge in [-0.25, -0.2) is 9.97 Å². The van der Waals surface area contributed by atoms with Gasteiger partial charge in [0, 0.05) is 27.6 Å². The number of thiophene rings is 1. The number of carbonyl (C=O) groups excluding carboxylic acids is 1. The number of aryl methyl sites for hydroxylation is 1. The van der Waals surface area contributed by atoms with Crippen molar-refractivity contribution in [3.05, 3.63) is 87.0 Å². The number of rotatable bonds is 5. The number of thiazole rings is 1. The van der Waals surface area contributed by atoms with Gasteiger partial charge in [0.1, 0.15) is 11.4 Å². The predicted octanol–water partition coefficient (Wildman–Crippen LogP) is 5.20. The fraction of sp³-hybridized carbons (Fsp3) is 0.0833. The molecule has 5 aromatic rings. The summed E-state index contributed by atoms with van der Waals surface area (Å²) in [6, 6.07) is 17.2. The normalized spacial score (nSPS) is 11.0. The van der Waals surface area contributed by atoms with Gasteiger partial charge in [0.2, 0.25) is 5.91 Å². The molecular weight excluding hydrogens is 440 g/mol. The number of benzene rings is 2. The lowest BCUT2D eigenvalue weighted by molar-refractivity contribution is -0.116. The molecule has 5 rings (SSSR count). The number of nitrogens with one attached hydrogen (secondary N) is 1. The highest BCUT2D eigenvalue weighted by Gasteiger charge is 2.15. The standard InChI is InChI=1S/C24H18N4O2S2/c1-15-26-20(13-31-15)17-8-5-9-18(10-17)27-21(29)11-28-14-25-23-22(24(28)30)19(12-32-23)16-6-3-2-4-7-16/h2-10,12-14H,11H2,1H3,(H,27,29). The van der Waals surface area contributed by atoms with Crippen molar-refractivity contribution in [1.29, 1.82) is 0 Å². The third-order valence-corrected chi connectivity index (χ3v) is 6.68. The second-order valence-electron chi connectivity index (χ2n) is 7.25. The molecule has 158 valence electrons. The first-order chi connectivity index (χ1) is 15.6. The third-order valence-electron chi connectivity index (χ3n) is 5.02. The van der Waals surface area contributed by atoms with Crippen LogP contribution in [0.3, 0.4) is 0 Å². The molecule has 0 saturated heterocycles. The van der Waals surface area contributed by atoms with E-state index in [2.05, 4.69) is 15.3 Å². The second kappa shape index (κ2) is 8.49. The van der Waals surface area contributed by atoms with E-state index in [0.717, 1.165) is 27.4 Å². The van der Waals surface area contributed by atoms with Crippen LogP contribution < -0.4 is 10.9 Å². The van der Waals surface area contributed by atoms with Crippen molar-refractivity contribution in [2.45, 2.75) is 13.5 Å². The van der Waals surface area contributed by atoms with Crippen LogP contribution in [0.5, 0.6) is 0 Å². The van der Waals surface area contributed by atoms with Gasteiger partial charge in [0.25, 0.3) is 5.56 Å². The first kappa shape index (κ1) is 20.3. The van der Waals surface area contributed by atoms with Crippen LogP contribution in [0.2, 0.25) is 0 Å². The molecule has 8 heteroatoms. The van der Waals surface area contributed by atoms with E-state index in [0.29, 0.717) is 15.9 Å². The van der Waals surface area contributed by atoms with Crippen molar-refractivity contribution in [1.82, 2.24) is 14.5 Å². The number of hydrogen-bond donors (Lipinski definition) is 1. The van der Waals surface area contributed by atoms with Crippen molar-refractivity contribution < 1.29 is 4.79 Å². The maximum absolute atomic E-state index is 13.2. The van der Waals surface area contributed by atoms with Crippen molar-refractivity contribution in [2.75, 3.05) is 5.32 Å². The Labute approximate surface area is 191 Å². The minimum atomic E-state index is -0.295. The summed E-state index contributed by atoms with van der Waals surface area (Å²) in [4.78, 5) is 35.4. The van der Waals surface area contributed by atoms with Crippen LogP contribution in [-0.4, -0.2) is 20.4 Å². The van der Waals surface area contributed by atoms with Crippen LogP contribution in [0.25, 0.3) is 32.6 Å². The Bertz CT molecular complexity index is 1480. The molecule has 0 unspecified atom stereocenters. The van der Waals surface area contributed by atoms with Crippen LogP contribution in [-0.2, 0) is 11.3 Å². The zero-order valence-corrected chi connectivity index (χ0v) is 18.7. The van der Waals surface area contributed by atoms with Gasteiger partial charge in [-0.1, -0.05) is 42.5 Å². The zero-order valence-electron chi connectivity index (χ0n) is 17.1. The number of nitrogens with zero attached hydrogens (tertiary/aromatic N) is 3. The molecule has 0 spiro atoms. The molecule has 2 aromatic carbocycles. The molecule has 3 aromatic heterocycles. The lowest BCUT2D eigenvalue weighted by Crippen LogP contribution is -2.27. The highest BCUT2D eigenvalue weighted by molar-refractivity contribution is 7.17. The molecule has 0 radical (unpaired) electrons. The average Bonchev–Trinajstić information content (AvgIpc) is 3.43. The molecule has 0 aliphatic heterocycles. The van der Waals surface area contributed by atoms with Gasteiger partial charge in [0.15, 0.2) is 0 Å². The Kier molecular flexibility index (Phi) is 5.38. The first-order valence-corrected chi connectivity index (χ1v) is 11.7. The van der Waals surface area contributed by atoms with Gasteiger partial charge < -0.3 is 5.32 Å². The molecule has 0 saturated carbocycles. The first-order valence-electron chi connectivity index (χ1n) is 9.93. The molecule has 32 heavy (non-hydrogen) atoms. The summed E-state index contributed by atoms with van der Waals surface area (Å²) in [7, 11) is 0. The summed E-state index contributed by atoms with van der Waals surface area (Å²) >= 11 is 3.01. The number of aromatic nitrogens is 3. The number of anilines is 1. The summed E-state index contributed by atoms with van der Waals surface area (Å²) in [6.07, 6.45) is 1.43. The maximum atomic E-state index is 13.2. The van der Waals surface area contributed by atoms with Crippen molar-refractivity contribution >= 4 is 44.5 Å². The third kappa shape index (κ3) is 3.98. The van der Waals surface area contributed by atoms with Crippen molar-refractivity contribution in [3.63, 3.8) is 0 Å². The van der Waals surface area contributed by atoms with E-state index < -0.39 is 0 Å². The summed E-state index contributed by atoms with van der Waals surface area (Å²) in [5.74, 6) is -0.295. The van der Waals surface area contributed by atoms with Gasteiger partial charge in [-0.3, -0.25) is 14.2 Å². The molecule has 0 bridgehead atoms. The van der Waals surface area contributed by atoms with Crippen molar-refractivity contribution in [3.8, 4) is 22.4 Å². The van der Waals surface area contributed by atoms with E-state index in [1.165, 1.54) is 22.2 Å². The van der Waals surface area contributed by atoms with Crippen molar-refractivity contribution in [2.24, 2.45) is 0 Å². The molecule has 1 amide bonds. The largest absolute Gasteiger partial charge is 0.325 e. The number of amides is 1. The monoisotopic (exact) mass is 458 g/mol. The van der Waals surface area contributed by atoms with Gasteiger partial charge in [0.05, 0.1) is 22.4 Å². The van der Waals surface area contributed by atoms with Crippen LogP contribution in [0.4, 0.5) is 5.69 Å². The van der Waals surface area contributed by atoms with E-state index in [4.69, 9.17) is 0 Å². The summed E-state index contributed by atoms with van der Waals surface area (Å²) in [5, 5.41) is 8.32. The quantitative estimate of drug-likeness (QED) is 0.393. The Morgan fingerprint density at radius 3 is 2.62 bits per heavy atom. The summed E-state index contributed by atoms with van der Waals surface area (Å²) in [5.41, 5.74) is 4.02. The Morgan fingerprint density at radius 1 is 1.03 bits per heavy atom. The van der Waals surface area contributed by atoms with E-state index in [9.17, 15) is 9.59 Å². The fourth-order valence-corrected chi connectivity index (χ4v) is 5.05. The maximum Gasteiger partial charge on any atom is 0.263 e. The molecule has 0 aliphatic rings. The van der Waals surface area contributed by atoms with E-state index in [1.54, 1.807) is 11.3 Å². The highest BCUT2D eigenvalue weighted by atomic mass is 32.1. The summed E-state index contributed by atoms with van der Waals surface area (Å²) in [6.45, 7) is 1.84. The Hall–Kier alpha value is -3.62. The minimum absolute atomic E-state index is 0.119. The molecule has 0 atom stereocenters. The molecule has 3 heterocycles. The van der Waals surface area contributed by atoms with Crippen LogP contribution in [0, 0.1) is 6.92 Å². The number of carbonyl (C=O) groups is 1. The molecule has 1 N–H and O–H groups in total. The zero-order chi connectivity index (χ0) is 22.1. The van der Waals surface area contributed by atoms with Crippen LogP contribution in [0.15, 0.2) is 76.5 Å². The molecule has 0 aliphatic carbocycles. The lowest BCUT2D eigenvalue weighted by Gasteiger charge is -2.09. The van der Waals surface area contributed by atoms with E-state index in [-0.39, 0.29) is 18.0 Å². The van der Waals surface area contributed by atoms with Gasteiger partial charge in [-0.2, -0.15) is 0 Å². The van der Waals surface area contributed by atoms with E-state index >= 15 is 0 Å². The van der Waals surface area contributed by atoms with Crippen LogP contribution in [0.1, 0.15) is 5.01 Å². The summed E-state index contributed by atoms with van der Waals surface area (Å²) < 4.78 is 1.35. The Morgan fingerprint density at radius 2 is 1.84 bits per heavy atom. The topological polar surface area (TPSA) is 76.9 Å². The Balaban J connectivity index is 1.40. The SMILES string of the molecule is Cc1nc(-c2cccc(NC(=O)Cn3cnc4scc(-c5ccccc5)c4c3=O)c2)cs1. The minimum Gasteiger partial charge on any atom is -0.325 e. The predicted molar refractivity (Wildman–Crippen MR) is 130 cm³/mol. The van der Waals surface area contributed by atoms with Gasteiger partial charge in [-0.15, -0.1) is 22.7 Å². The molecule has 0 fully saturated rings. The average molecular weight is 459 g/mol. The van der Waals surface area contributed by atoms with Gasteiger partial charge >= 0.3 is 0 Å². The molecular formula is C24H18N4O2S2. The number of fused-ring (bicyclic) bond motifs is 1. The van der Waals surface area contributed by atoms with Gasteiger partial charge in [-0.05, 0) is 24.6 Å². The number of hydrogen-bond acceptors (Lipinski definition) is 6. The van der Waals surface area contributed by atoms with Crippen LogP contribution >= 0.6 is 22.7 Å². The molecule has 6 nitrogen and oxygen atoms in total. The lowest BCUT2D eigenvalue weighted by atomic mass is 10.1. The van der Waals surface area contributed by atoms with E-state index in [1.807, 2.05) is 72.3 Å². The smallest absolute Gasteiger partial charge is 0.263 e.